The van der Waals surface area contributed by atoms with Gasteiger partial charge in [0.15, 0.2) is 21.9 Å². The minimum Gasteiger partial charge on any atom is -0.462 e. The highest BCUT2D eigenvalue weighted by Crippen LogP contribution is 2.36. The van der Waals surface area contributed by atoms with Crippen molar-refractivity contribution in [1.29, 1.82) is 0 Å². The molecule has 1 N–H and O–H groups in total. The summed E-state index contributed by atoms with van der Waals surface area (Å²) in [5.41, 5.74) is 1.44. The van der Waals surface area contributed by atoms with Crippen LogP contribution in [-0.4, -0.2) is 32.5 Å². The zero-order chi connectivity index (χ0) is 24.6. The predicted octanol–water partition coefficient (Wildman–Crippen LogP) is 6.39. The average Bonchev–Trinajstić information content (AvgIpc) is 3.28. The maximum atomic E-state index is 12.2. The molecule has 0 saturated heterocycles. The van der Waals surface area contributed by atoms with Crippen LogP contribution in [0, 0.1) is 5.92 Å². The number of aromatic nitrogens is 4. The third kappa shape index (κ3) is 7.00. The molecule has 4 aromatic rings. The molecule has 0 saturated carbocycles. The smallest absolute Gasteiger partial charge is 0.338 e. The van der Waals surface area contributed by atoms with E-state index in [1.807, 2.05) is 11.4 Å². The predicted molar refractivity (Wildman–Crippen MR) is 137 cm³/mol. The summed E-state index contributed by atoms with van der Waals surface area (Å²) in [6, 6.07) is 10.5. The van der Waals surface area contributed by atoms with Crippen molar-refractivity contribution >= 4 is 40.0 Å². The molecule has 8 nitrogen and oxygen atoms in total. The normalized spacial score (nSPS) is 10.9. The molecule has 0 aliphatic carbocycles. The molecular weight excluding hydrogens is 482 g/mol. The first-order valence-corrected chi connectivity index (χ1v) is 12.8. The van der Waals surface area contributed by atoms with Crippen LogP contribution in [-0.2, 0) is 11.2 Å². The number of nitrogens with one attached hydrogen (secondary N) is 1. The number of esters is 1. The van der Waals surface area contributed by atoms with E-state index in [2.05, 4.69) is 39.1 Å². The van der Waals surface area contributed by atoms with Crippen molar-refractivity contribution in [2.45, 2.75) is 37.2 Å². The number of rotatable bonds is 10. The molecule has 3 aromatic heterocycles. The summed E-state index contributed by atoms with van der Waals surface area (Å²) in [5, 5.41) is 6.65. The molecule has 35 heavy (non-hydrogen) atoms. The Morgan fingerprint density at radius 1 is 1.14 bits per heavy atom. The van der Waals surface area contributed by atoms with Crippen LogP contribution in [0.5, 0.6) is 11.5 Å². The number of pyridine rings is 1. The van der Waals surface area contributed by atoms with Gasteiger partial charge in [0.25, 0.3) is 0 Å². The lowest BCUT2D eigenvalue weighted by Gasteiger charge is -2.13. The molecule has 0 amide bonds. The van der Waals surface area contributed by atoms with E-state index in [1.165, 1.54) is 23.1 Å². The fourth-order valence-electron chi connectivity index (χ4n) is 3.10. The SMILES string of the molecule is CCOC(=O)c1cccc(Oc2cc(Sc3ncccn3)cnc2Nc2nc(CC(C)C)cs2)c1. The van der Waals surface area contributed by atoms with Crippen molar-refractivity contribution in [3.05, 3.63) is 71.6 Å². The number of ether oxygens (including phenoxy) is 2. The zero-order valence-electron chi connectivity index (χ0n) is 19.6. The number of nitrogens with zero attached hydrogens (tertiary/aromatic N) is 4. The lowest BCUT2D eigenvalue weighted by atomic mass is 10.1. The Hall–Kier alpha value is -3.50. The first-order chi connectivity index (χ1) is 17.0. The van der Waals surface area contributed by atoms with Crippen molar-refractivity contribution in [2.75, 3.05) is 11.9 Å². The number of carbonyl (C=O) groups excluding carboxylic acids is 1. The number of hydrogen-bond donors (Lipinski definition) is 1. The van der Waals surface area contributed by atoms with Gasteiger partial charge in [0.2, 0.25) is 0 Å². The van der Waals surface area contributed by atoms with E-state index in [0.717, 1.165) is 22.1 Å². The van der Waals surface area contributed by atoms with Crippen LogP contribution in [0.1, 0.15) is 36.8 Å². The van der Waals surface area contributed by atoms with Gasteiger partial charge in [-0.15, -0.1) is 11.3 Å². The second-order valence-electron chi connectivity index (χ2n) is 7.87. The van der Waals surface area contributed by atoms with Gasteiger partial charge in [0, 0.05) is 34.9 Å². The van der Waals surface area contributed by atoms with Gasteiger partial charge in [-0.05, 0) is 55.3 Å². The average molecular weight is 508 g/mol. The van der Waals surface area contributed by atoms with Crippen molar-refractivity contribution < 1.29 is 14.3 Å². The summed E-state index contributed by atoms with van der Waals surface area (Å²) in [6.07, 6.45) is 6.01. The summed E-state index contributed by atoms with van der Waals surface area (Å²) in [4.78, 5) is 30.7. The second-order valence-corrected chi connectivity index (χ2v) is 9.77. The third-order valence-corrected chi connectivity index (χ3v) is 6.21. The van der Waals surface area contributed by atoms with E-state index in [1.54, 1.807) is 55.8 Å². The quantitative estimate of drug-likeness (QED) is 0.193. The topological polar surface area (TPSA) is 99.1 Å². The van der Waals surface area contributed by atoms with E-state index in [0.29, 0.717) is 40.6 Å². The molecule has 0 bridgehead atoms. The van der Waals surface area contributed by atoms with Gasteiger partial charge in [-0.1, -0.05) is 19.9 Å². The molecule has 180 valence electrons. The Morgan fingerprint density at radius 2 is 1.97 bits per heavy atom. The van der Waals surface area contributed by atoms with Crippen LogP contribution in [0.4, 0.5) is 10.9 Å². The fraction of sp³-hybridized carbons (Fsp3) is 0.240. The largest absolute Gasteiger partial charge is 0.462 e. The van der Waals surface area contributed by atoms with Gasteiger partial charge < -0.3 is 14.8 Å². The number of anilines is 2. The monoisotopic (exact) mass is 507 g/mol. The molecule has 0 spiro atoms. The summed E-state index contributed by atoms with van der Waals surface area (Å²) >= 11 is 2.89. The van der Waals surface area contributed by atoms with Crippen LogP contribution in [0.2, 0.25) is 0 Å². The minimum atomic E-state index is -0.402. The van der Waals surface area contributed by atoms with Crippen LogP contribution in [0.3, 0.4) is 0 Å². The van der Waals surface area contributed by atoms with Crippen molar-refractivity contribution in [1.82, 2.24) is 19.9 Å². The Morgan fingerprint density at radius 3 is 2.74 bits per heavy atom. The fourth-order valence-corrected chi connectivity index (χ4v) is 4.53. The molecule has 10 heteroatoms. The Kier molecular flexibility index (Phi) is 8.27. The van der Waals surface area contributed by atoms with Gasteiger partial charge in [-0.2, -0.15) is 0 Å². The van der Waals surface area contributed by atoms with Crippen LogP contribution in [0.25, 0.3) is 0 Å². The van der Waals surface area contributed by atoms with Crippen molar-refractivity contribution in [3.8, 4) is 11.5 Å². The standard InChI is InChI=1S/C25H25N5O3S2/c1-4-32-23(31)17-7-5-8-19(12-17)33-21-13-20(35-24-26-9-6-10-27-24)14-28-22(21)30-25-29-18(15-34-25)11-16(2)3/h5-10,12-16H,4,11H2,1-3H3,(H,28,29,30). The lowest BCUT2D eigenvalue weighted by molar-refractivity contribution is 0.0526. The summed E-state index contributed by atoms with van der Waals surface area (Å²) in [6.45, 7) is 6.40. The van der Waals surface area contributed by atoms with E-state index < -0.39 is 5.97 Å². The van der Waals surface area contributed by atoms with Gasteiger partial charge in [0.1, 0.15) is 5.75 Å². The zero-order valence-corrected chi connectivity index (χ0v) is 21.2. The van der Waals surface area contributed by atoms with Gasteiger partial charge in [0.05, 0.1) is 17.9 Å². The Bertz CT molecular complexity index is 1280. The van der Waals surface area contributed by atoms with E-state index in [-0.39, 0.29) is 0 Å². The maximum absolute atomic E-state index is 12.2. The van der Waals surface area contributed by atoms with E-state index in [9.17, 15) is 4.79 Å². The molecule has 0 radical (unpaired) electrons. The first-order valence-electron chi connectivity index (χ1n) is 11.1. The van der Waals surface area contributed by atoms with Gasteiger partial charge in [-0.3, -0.25) is 0 Å². The molecule has 3 heterocycles. The van der Waals surface area contributed by atoms with Crippen LogP contribution >= 0.6 is 23.1 Å². The molecule has 4 rings (SSSR count). The number of thiazole rings is 1. The highest BCUT2D eigenvalue weighted by Gasteiger charge is 2.14. The molecule has 0 fully saturated rings. The van der Waals surface area contributed by atoms with Crippen molar-refractivity contribution in [2.24, 2.45) is 5.92 Å². The molecular formula is C25H25N5O3S2. The molecule has 1 aromatic carbocycles. The molecule has 0 unspecified atom stereocenters. The van der Waals surface area contributed by atoms with Crippen LogP contribution < -0.4 is 10.1 Å². The molecule has 0 aliphatic rings. The van der Waals surface area contributed by atoms with E-state index >= 15 is 0 Å². The Balaban J connectivity index is 1.62. The van der Waals surface area contributed by atoms with Crippen molar-refractivity contribution in [3.63, 3.8) is 0 Å². The van der Waals surface area contributed by atoms with E-state index in [4.69, 9.17) is 9.47 Å². The first kappa shape index (κ1) is 24.6. The number of carbonyl (C=O) groups is 1. The molecule has 0 aliphatic heterocycles. The van der Waals surface area contributed by atoms with Crippen LogP contribution in [0.15, 0.2) is 70.4 Å². The number of hydrogen-bond acceptors (Lipinski definition) is 10. The minimum absolute atomic E-state index is 0.301. The second kappa shape index (κ2) is 11.8. The third-order valence-electron chi connectivity index (χ3n) is 4.55. The highest BCUT2D eigenvalue weighted by atomic mass is 32.2. The summed E-state index contributed by atoms with van der Waals surface area (Å²) < 4.78 is 11.3. The Labute approximate surface area is 212 Å². The van der Waals surface area contributed by atoms with Gasteiger partial charge >= 0.3 is 5.97 Å². The maximum Gasteiger partial charge on any atom is 0.338 e. The highest BCUT2D eigenvalue weighted by molar-refractivity contribution is 7.99. The molecule has 0 atom stereocenters. The van der Waals surface area contributed by atoms with Gasteiger partial charge in [-0.25, -0.2) is 24.7 Å². The summed E-state index contributed by atoms with van der Waals surface area (Å²) in [7, 11) is 0. The lowest BCUT2D eigenvalue weighted by Crippen LogP contribution is -2.04. The number of benzene rings is 1. The summed E-state index contributed by atoms with van der Waals surface area (Å²) in [5.74, 6) is 1.59.